The van der Waals surface area contributed by atoms with Crippen molar-refractivity contribution in [3.63, 3.8) is 0 Å². The summed E-state index contributed by atoms with van der Waals surface area (Å²) >= 11 is 0. The Balaban J connectivity index is 1.76. The summed E-state index contributed by atoms with van der Waals surface area (Å²) in [6, 6.07) is 14.5. The second kappa shape index (κ2) is 9.59. The Kier molecular flexibility index (Phi) is 7.04. The first kappa shape index (κ1) is 24.2. The number of aromatic nitrogens is 1. The molecule has 0 fully saturated rings. The van der Waals surface area contributed by atoms with Crippen LogP contribution in [0.5, 0.6) is 0 Å². The zero-order chi connectivity index (χ0) is 24.2. The molecule has 1 atom stereocenters. The molecule has 0 spiro atoms. The molecular weight excluding hydrogens is 464 g/mol. The van der Waals surface area contributed by atoms with Crippen molar-refractivity contribution in [2.24, 2.45) is 0 Å². The summed E-state index contributed by atoms with van der Waals surface area (Å²) < 4.78 is 53.3. The fraction of sp³-hybridized carbons (Fsp3) is 0.182. The average molecular weight is 489 g/mol. The van der Waals surface area contributed by atoms with Crippen LogP contribution in [0.25, 0.3) is 0 Å². The van der Waals surface area contributed by atoms with Gasteiger partial charge in [0.15, 0.2) is 0 Å². The molecule has 0 saturated heterocycles. The fourth-order valence-electron chi connectivity index (χ4n) is 3.10. The molecule has 1 heterocycles. The van der Waals surface area contributed by atoms with Crippen LogP contribution in [0.1, 0.15) is 12.5 Å². The van der Waals surface area contributed by atoms with Gasteiger partial charge in [-0.05, 0) is 62.4 Å². The van der Waals surface area contributed by atoms with E-state index >= 15 is 0 Å². The van der Waals surface area contributed by atoms with Crippen LogP contribution < -0.4 is 14.3 Å². The van der Waals surface area contributed by atoms with Gasteiger partial charge in [-0.3, -0.25) is 18.8 Å². The number of hydrogen-bond donors (Lipinski definition) is 2. The SMILES string of the molecule is Cc1ccc(N([C@@H](C)C(=O)Nc2ccc(S(=O)(=O)Nc3cccnc3)cc2)S(C)(=O)=O)cc1. The van der Waals surface area contributed by atoms with Gasteiger partial charge in [-0.15, -0.1) is 0 Å². The average Bonchev–Trinajstić information content (AvgIpc) is 2.75. The number of hydrogen-bond acceptors (Lipinski definition) is 6. The topological polar surface area (TPSA) is 126 Å². The minimum atomic E-state index is -3.84. The molecule has 1 aromatic heterocycles. The van der Waals surface area contributed by atoms with Gasteiger partial charge in [0.05, 0.1) is 28.7 Å². The van der Waals surface area contributed by atoms with Crippen LogP contribution in [0.15, 0.2) is 78.0 Å². The monoisotopic (exact) mass is 488 g/mol. The van der Waals surface area contributed by atoms with Gasteiger partial charge in [-0.25, -0.2) is 16.8 Å². The van der Waals surface area contributed by atoms with Gasteiger partial charge in [0, 0.05) is 11.9 Å². The Hall–Kier alpha value is -3.44. The number of amides is 1. The number of nitrogens with one attached hydrogen (secondary N) is 2. The quantitative estimate of drug-likeness (QED) is 0.502. The molecule has 33 heavy (non-hydrogen) atoms. The number of nitrogens with zero attached hydrogens (tertiary/aromatic N) is 2. The number of benzene rings is 2. The van der Waals surface area contributed by atoms with E-state index < -0.39 is 32.0 Å². The van der Waals surface area contributed by atoms with E-state index in [2.05, 4.69) is 15.0 Å². The molecule has 0 unspecified atom stereocenters. The highest BCUT2D eigenvalue weighted by molar-refractivity contribution is 7.92. The summed E-state index contributed by atoms with van der Waals surface area (Å²) in [6.07, 6.45) is 3.95. The molecule has 0 bridgehead atoms. The van der Waals surface area contributed by atoms with Crippen LogP contribution in [0.3, 0.4) is 0 Å². The van der Waals surface area contributed by atoms with Crippen LogP contribution in [0, 0.1) is 6.92 Å². The zero-order valence-corrected chi connectivity index (χ0v) is 19.9. The molecule has 0 aliphatic heterocycles. The second-order valence-corrected chi connectivity index (χ2v) is 11.0. The van der Waals surface area contributed by atoms with E-state index in [-0.39, 0.29) is 4.90 Å². The van der Waals surface area contributed by atoms with Crippen molar-refractivity contribution >= 4 is 43.0 Å². The molecule has 0 radical (unpaired) electrons. The summed E-state index contributed by atoms with van der Waals surface area (Å²) in [5.74, 6) is -0.565. The lowest BCUT2D eigenvalue weighted by atomic mass is 10.2. The van der Waals surface area contributed by atoms with Crippen molar-refractivity contribution in [2.45, 2.75) is 24.8 Å². The molecule has 11 heteroatoms. The van der Waals surface area contributed by atoms with E-state index in [0.29, 0.717) is 17.1 Å². The highest BCUT2D eigenvalue weighted by atomic mass is 32.2. The Labute approximate surface area is 193 Å². The first-order valence-electron chi connectivity index (χ1n) is 9.87. The molecule has 2 N–H and O–H groups in total. The van der Waals surface area contributed by atoms with Gasteiger partial charge in [-0.1, -0.05) is 17.7 Å². The first-order chi connectivity index (χ1) is 15.5. The summed E-state index contributed by atoms with van der Waals surface area (Å²) in [6.45, 7) is 3.35. The molecule has 0 aliphatic rings. The summed E-state index contributed by atoms with van der Waals surface area (Å²) in [5, 5.41) is 2.63. The Bertz CT molecular complexity index is 1330. The van der Waals surface area contributed by atoms with Crippen molar-refractivity contribution in [1.29, 1.82) is 0 Å². The van der Waals surface area contributed by atoms with E-state index in [1.54, 1.807) is 36.4 Å². The third-order valence-electron chi connectivity index (χ3n) is 4.72. The summed E-state index contributed by atoms with van der Waals surface area (Å²) in [7, 11) is -7.58. The van der Waals surface area contributed by atoms with Crippen LogP contribution in [0.2, 0.25) is 0 Å². The van der Waals surface area contributed by atoms with Crippen LogP contribution in [-0.2, 0) is 24.8 Å². The Morgan fingerprint density at radius 2 is 1.58 bits per heavy atom. The number of rotatable bonds is 8. The number of anilines is 3. The maximum Gasteiger partial charge on any atom is 0.261 e. The molecule has 174 valence electrons. The lowest BCUT2D eigenvalue weighted by Gasteiger charge is -2.28. The lowest BCUT2D eigenvalue weighted by molar-refractivity contribution is -0.116. The number of pyridine rings is 1. The van der Waals surface area contributed by atoms with Crippen molar-refractivity contribution in [3.05, 3.63) is 78.6 Å². The Morgan fingerprint density at radius 3 is 2.12 bits per heavy atom. The third kappa shape index (κ3) is 6.08. The number of carbonyl (C=O) groups is 1. The van der Waals surface area contributed by atoms with Gasteiger partial charge in [0.1, 0.15) is 6.04 Å². The van der Waals surface area contributed by atoms with E-state index in [9.17, 15) is 21.6 Å². The van der Waals surface area contributed by atoms with Crippen LogP contribution in [-0.4, -0.2) is 40.0 Å². The molecule has 0 aliphatic carbocycles. The maximum atomic E-state index is 12.8. The van der Waals surface area contributed by atoms with E-state index in [4.69, 9.17) is 0 Å². The van der Waals surface area contributed by atoms with Crippen LogP contribution in [0.4, 0.5) is 17.1 Å². The van der Waals surface area contributed by atoms with Crippen molar-refractivity contribution in [3.8, 4) is 0 Å². The summed E-state index contributed by atoms with van der Waals surface area (Å²) in [4.78, 5) is 16.7. The van der Waals surface area contributed by atoms with Gasteiger partial charge in [0.25, 0.3) is 10.0 Å². The van der Waals surface area contributed by atoms with Crippen LogP contribution >= 0.6 is 0 Å². The highest BCUT2D eigenvalue weighted by Gasteiger charge is 2.29. The fourth-order valence-corrected chi connectivity index (χ4v) is 5.32. The molecule has 9 nitrogen and oxygen atoms in total. The largest absolute Gasteiger partial charge is 0.324 e. The molecular formula is C22H24N4O5S2. The zero-order valence-electron chi connectivity index (χ0n) is 18.3. The van der Waals surface area contributed by atoms with E-state index in [0.717, 1.165) is 16.1 Å². The van der Waals surface area contributed by atoms with Gasteiger partial charge in [0.2, 0.25) is 15.9 Å². The van der Waals surface area contributed by atoms with Crippen molar-refractivity contribution < 1.29 is 21.6 Å². The maximum absolute atomic E-state index is 12.8. The molecule has 1 amide bonds. The van der Waals surface area contributed by atoms with Crippen molar-refractivity contribution in [2.75, 3.05) is 20.6 Å². The standard InChI is InChI=1S/C22H24N4O5S2/c1-16-6-10-20(11-7-16)26(32(3,28)29)17(2)22(27)24-18-8-12-21(13-9-18)33(30,31)25-19-5-4-14-23-15-19/h4-15,17,25H,1-3H3,(H,24,27)/t17-/m0/s1. The molecule has 0 saturated carbocycles. The minimum absolute atomic E-state index is 0.00480. The molecule has 3 aromatic rings. The predicted octanol–water partition coefficient (Wildman–Crippen LogP) is 2.98. The van der Waals surface area contributed by atoms with Crippen molar-refractivity contribution in [1.82, 2.24) is 4.98 Å². The normalized spacial score (nSPS) is 12.6. The van der Waals surface area contributed by atoms with Gasteiger partial charge < -0.3 is 5.32 Å². The summed E-state index contributed by atoms with van der Waals surface area (Å²) in [5.41, 5.74) is 1.97. The second-order valence-electron chi connectivity index (χ2n) is 7.43. The first-order valence-corrected chi connectivity index (χ1v) is 13.2. The third-order valence-corrected chi connectivity index (χ3v) is 7.36. The minimum Gasteiger partial charge on any atom is -0.324 e. The molecule has 3 rings (SSSR count). The van der Waals surface area contributed by atoms with E-state index in [1.165, 1.54) is 43.6 Å². The number of sulfonamides is 2. The number of carbonyl (C=O) groups excluding carboxylic acids is 1. The lowest BCUT2D eigenvalue weighted by Crippen LogP contribution is -2.45. The van der Waals surface area contributed by atoms with Gasteiger partial charge in [-0.2, -0.15) is 0 Å². The predicted molar refractivity (Wildman–Crippen MR) is 128 cm³/mol. The highest BCUT2D eigenvalue weighted by Crippen LogP contribution is 2.23. The Morgan fingerprint density at radius 1 is 0.939 bits per heavy atom. The molecule has 2 aromatic carbocycles. The van der Waals surface area contributed by atoms with E-state index in [1.807, 2.05) is 6.92 Å². The van der Waals surface area contributed by atoms with Gasteiger partial charge >= 0.3 is 0 Å². The number of aryl methyl sites for hydroxylation is 1. The smallest absolute Gasteiger partial charge is 0.261 e.